The van der Waals surface area contributed by atoms with Crippen molar-refractivity contribution in [3.63, 3.8) is 0 Å². The van der Waals surface area contributed by atoms with E-state index >= 15 is 0 Å². The van der Waals surface area contributed by atoms with E-state index in [1.807, 2.05) is 0 Å². The van der Waals surface area contributed by atoms with E-state index in [-0.39, 0.29) is 131 Å². The number of carbonyl (C=O) groups excluding carboxylic acids is 4. The van der Waals surface area contributed by atoms with Gasteiger partial charge in [-0.1, -0.05) is 0 Å². The van der Waals surface area contributed by atoms with Crippen LogP contribution in [0.4, 0.5) is 0 Å². The molecule has 0 unspecified atom stereocenters. The minimum Gasteiger partial charge on any atom is -0.790 e. The van der Waals surface area contributed by atoms with Crippen molar-refractivity contribution < 1.29 is 230 Å². The number of hydrogen-bond donors (Lipinski definition) is 6. The van der Waals surface area contributed by atoms with Gasteiger partial charge in [0, 0.05) is 38.1 Å². The maximum atomic E-state index is 10.8. The minimum absolute atomic E-state index is 0. The molecular formula is C16H26N2Na4O23P2. The van der Waals surface area contributed by atoms with Gasteiger partial charge in [0.15, 0.2) is 5.60 Å². The topological polar surface area (TPSA) is 411 Å². The molecule has 0 aliphatic heterocycles. The molecule has 31 heteroatoms. The van der Waals surface area contributed by atoms with Crippen LogP contribution in [-0.4, -0.2) is 101 Å². The summed E-state index contributed by atoms with van der Waals surface area (Å²) in [5, 5.41) is 35.0. The summed E-state index contributed by atoms with van der Waals surface area (Å²) in [4.78, 5) is 141. The summed E-state index contributed by atoms with van der Waals surface area (Å²) >= 11 is 0. The first-order chi connectivity index (χ1) is 19.0. The van der Waals surface area contributed by atoms with E-state index in [1.54, 1.807) is 0 Å². The van der Waals surface area contributed by atoms with Crippen molar-refractivity contribution in [3.8, 4) is 0 Å². The molecule has 0 saturated heterocycles. The first-order valence-electron chi connectivity index (χ1n) is 10.2. The Morgan fingerprint density at radius 3 is 0.851 bits per heavy atom. The molecule has 47 heavy (non-hydrogen) atoms. The quantitative estimate of drug-likeness (QED) is 0.0609. The van der Waals surface area contributed by atoms with E-state index in [0.717, 1.165) is 27.7 Å². The fourth-order valence-electron chi connectivity index (χ4n) is 1.67. The molecule has 0 aromatic heterocycles. The van der Waals surface area contributed by atoms with Crippen LogP contribution in [0.15, 0.2) is 0 Å². The Hall–Kier alpha value is 0.390. The third-order valence-electron chi connectivity index (χ3n) is 2.67. The molecule has 6 N–H and O–H groups in total. The molecule has 0 saturated carbocycles. The molecule has 25 nitrogen and oxygen atoms in total. The summed E-state index contributed by atoms with van der Waals surface area (Å²) in [7, 11) is -10.3. The van der Waals surface area contributed by atoms with E-state index in [2.05, 4.69) is 19.4 Å². The van der Waals surface area contributed by atoms with Crippen LogP contribution in [0, 0.1) is 0 Å². The van der Waals surface area contributed by atoms with Gasteiger partial charge < -0.3 is 78.3 Å². The Labute approximate surface area is 353 Å². The minimum atomic E-state index is -5.14. The molecule has 0 fully saturated rings. The molecule has 0 bridgehead atoms. The molecule has 0 radical (unpaired) electrons. The maximum absolute atomic E-state index is 10.8. The zero-order valence-corrected chi connectivity index (χ0v) is 36.0. The number of nitrogens with zero attached hydrogens (tertiary/aromatic N) is 2. The molecule has 0 aromatic rings. The smallest absolute Gasteiger partial charge is 0.790 e. The molecule has 0 aromatic carbocycles. The number of aliphatic hydroxyl groups is 1. The van der Waals surface area contributed by atoms with Crippen LogP contribution in [0.25, 0.3) is 0 Å². The Bertz CT molecular complexity index is 949. The van der Waals surface area contributed by atoms with Gasteiger partial charge in [-0.25, -0.2) is 4.79 Å². The van der Waals surface area contributed by atoms with Crippen LogP contribution < -0.4 is 138 Å². The van der Waals surface area contributed by atoms with Crippen molar-refractivity contribution in [3.05, 3.63) is 0 Å². The average molecular weight is 768 g/mol. The van der Waals surface area contributed by atoms with Gasteiger partial charge in [-0.15, -0.1) is 0 Å². The number of phosphoric acid groups is 2. The molecule has 0 aliphatic rings. The van der Waals surface area contributed by atoms with E-state index in [4.69, 9.17) is 58.9 Å². The molecular weight excluding hydrogens is 742 g/mol. The van der Waals surface area contributed by atoms with E-state index in [0.29, 0.717) is 10.5 Å². The molecule has 0 atom stereocenters. The van der Waals surface area contributed by atoms with Gasteiger partial charge in [-0.3, -0.25) is 28.8 Å². The van der Waals surface area contributed by atoms with Crippen molar-refractivity contribution in [2.75, 3.05) is 13.1 Å². The van der Waals surface area contributed by atoms with Gasteiger partial charge >= 0.3 is 160 Å². The molecule has 0 rings (SSSR count). The SMILES string of the molecule is CC(=O)ON(CCN(OC(C)=O)OC(C)=O)OC(C)=O.O=C(O)CC(O)(CC(=O)O)C(=O)O.O=P([O-])([O-])O.O=P([O-])([O-])O.[Na+].[Na+].[Na+].[Na+]. The Morgan fingerprint density at radius 1 is 0.574 bits per heavy atom. The second-order valence-corrected chi connectivity index (χ2v) is 8.73. The first kappa shape index (κ1) is 65.7. The van der Waals surface area contributed by atoms with Gasteiger partial charge in [0.1, 0.15) is 0 Å². The van der Waals surface area contributed by atoms with E-state index in [9.17, 15) is 33.6 Å². The van der Waals surface area contributed by atoms with Crippen molar-refractivity contribution in [2.24, 2.45) is 0 Å². The zero-order chi connectivity index (χ0) is 35.4. The summed E-state index contributed by atoms with van der Waals surface area (Å²) in [5.41, 5.74) is -2.74. The van der Waals surface area contributed by atoms with Crippen LogP contribution >= 0.6 is 15.6 Å². The Balaban J connectivity index is -0.0000000811. The largest absolute Gasteiger partial charge is 1.00 e. The van der Waals surface area contributed by atoms with Crippen molar-refractivity contribution >= 4 is 57.4 Å². The van der Waals surface area contributed by atoms with Crippen molar-refractivity contribution in [1.29, 1.82) is 0 Å². The molecule has 252 valence electrons. The number of aliphatic carboxylic acids is 3. The number of carbonyl (C=O) groups is 7. The van der Waals surface area contributed by atoms with E-state index < -0.39 is 75.9 Å². The Morgan fingerprint density at radius 2 is 0.745 bits per heavy atom. The monoisotopic (exact) mass is 768 g/mol. The standard InChI is InChI=1S/C10H16N2O8.C6H8O7.4Na.2H3O4P/c1-7(13)17-11(18-8(2)14)5-6-12(19-9(3)15)20-10(4)16;7-3(8)1-6(13,5(11)12)2-4(9)10;;;;;2*1-5(2,3)4/h5-6H2,1-4H3;13H,1-2H2,(H,7,8)(H,9,10)(H,11,12);;;;;2*(H3,1,2,3,4)/q;;4*+1;;/p-4. The van der Waals surface area contributed by atoms with E-state index in [1.165, 1.54) is 0 Å². The predicted molar refractivity (Wildman–Crippen MR) is 117 cm³/mol. The summed E-state index contributed by atoms with van der Waals surface area (Å²) in [5.74, 6) is -7.92. The van der Waals surface area contributed by atoms with Crippen LogP contribution in [0.1, 0.15) is 40.5 Å². The molecule has 0 spiro atoms. The van der Waals surface area contributed by atoms with Gasteiger partial charge in [0.2, 0.25) is 0 Å². The summed E-state index contributed by atoms with van der Waals surface area (Å²) in [6, 6.07) is 0. The second kappa shape index (κ2) is 33.5. The fraction of sp³-hybridized carbons (Fsp3) is 0.562. The average Bonchev–Trinajstić information content (AvgIpc) is 2.66. The van der Waals surface area contributed by atoms with Crippen LogP contribution in [-0.2, 0) is 62.0 Å². The summed E-state index contributed by atoms with van der Waals surface area (Å²) in [6.07, 6.45) is -2.29. The molecule has 0 heterocycles. The van der Waals surface area contributed by atoms with Crippen molar-refractivity contribution in [2.45, 2.75) is 46.1 Å². The normalized spacial score (nSPS) is 9.81. The zero-order valence-electron chi connectivity index (χ0n) is 26.2. The maximum Gasteiger partial charge on any atom is 1.00 e. The van der Waals surface area contributed by atoms with Crippen LogP contribution in [0.2, 0.25) is 0 Å². The number of carboxylic acids is 3. The summed E-state index contributed by atoms with van der Waals surface area (Å²) in [6.45, 7) is 3.97. The Kier molecular flexibility index (Phi) is 46.9. The fourth-order valence-corrected chi connectivity index (χ4v) is 1.67. The number of hydroxylamine groups is 4. The second-order valence-electron chi connectivity index (χ2n) is 6.86. The van der Waals surface area contributed by atoms with Crippen LogP contribution in [0.5, 0.6) is 0 Å². The molecule has 0 aliphatic carbocycles. The predicted octanol–water partition coefficient (Wildman–Crippen LogP) is -18.1. The third-order valence-corrected chi connectivity index (χ3v) is 2.67. The molecule has 0 amide bonds. The van der Waals surface area contributed by atoms with Gasteiger partial charge in [0.05, 0.1) is 41.6 Å². The van der Waals surface area contributed by atoms with Gasteiger partial charge in [-0.05, 0) is 0 Å². The van der Waals surface area contributed by atoms with Gasteiger partial charge in [0.25, 0.3) is 0 Å². The first-order valence-corrected chi connectivity index (χ1v) is 13.2. The van der Waals surface area contributed by atoms with Crippen molar-refractivity contribution in [1.82, 2.24) is 10.5 Å². The number of carboxylic acid groups (broad SMARTS) is 3. The number of rotatable bonds is 12. The van der Waals surface area contributed by atoms with Gasteiger partial charge in [-0.2, -0.15) is 0 Å². The van der Waals surface area contributed by atoms with Crippen LogP contribution in [0.3, 0.4) is 0 Å². The summed E-state index contributed by atoms with van der Waals surface area (Å²) < 4.78 is 17.3. The number of hydrogen-bond acceptors (Lipinski definition) is 20. The third kappa shape index (κ3) is 65.4.